The van der Waals surface area contributed by atoms with Crippen LogP contribution in [-0.4, -0.2) is 15.9 Å². The summed E-state index contributed by atoms with van der Waals surface area (Å²) in [6, 6.07) is 6.84. The molecule has 1 aromatic carbocycles. The Labute approximate surface area is 112 Å². The third-order valence-corrected chi connectivity index (χ3v) is 2.53. The van der Waals surface area contributed by atoms with Crippen molar-refractivity contribution in [1.29, 1.82) is 0 Å². The number of halogens is 1. The van der Waals surface area contributed by atoms with Crippen molar-refractivity contribution < 1.29 is 14.5 Å². The molecule has 0 unspecified atom stereocenters. The molecule has 0 bridgehead atoms. The van der Waals surface area contributed by atoms with Gasteiger partial charge in [0, 0.05) is 24.5 Å². The molecule has 0 saturated carbocycles. The maximum absolute atomic E-state index is 11.7. The quantitative estimate of drug-likeness (QED) is 0.373. The first kappa shape index (κ1) is 13.0. The molecule has 96 valence electrons. The highest BCUT2D eigenvalue weighted by atomic mass is 35.5. The van der Waals surface area contributed by atoms with E-state index in [1.165, 1.54) is 30.6 Å². The van der Waals surface area contributed by atoms with Crippen LogP contribution in [-0.2, 0) is 0 Å². The van der Waals surface area contributed by atoms with Crippen LogP contribution < -0.4 is 4.74 Å². The largest absolute Gasteiger partial charge is 0.423 e. The fourth-order valence-electron chi connectivity index (χ4n) is 1.35. The first-order chi connectivity index (χ1) is 9.08. The van der Waals surface area contributed by atoms with Crippen molar-refractivity contribution in [3.05, 3.63) is 63.4 Å². The predicted octanol–water partition coefficient (Wildman–Crippen LogP) is 2.86. The van der Waals surface area contributed by atoms with E-state index in [-0.39, 0.29) is 22.0 Å². The van der Waals surface area contributed by atoms with E-state index in [0.717, 1.165) is 0 Å². The second-order valence-electron chi connectivity index (χ2n) is 3.50. The number of aromatic nitrogens is 1. The molecule has 7 heteroatoms. The molecular formula is C12H7ClN2O4. The minimum absolute atomic E-state index is 0.0958. The van der Waals surface area contributed by atoms with Crippen molar-refractivity contribution in [3.63, 3.8) is 0 Å². The number of hydrogen-bond acceptors (Lipinski definition) is 5. The predicted molar refractivity (Wildman–Crippen MR) is 67.3 cm³/mol. The fourth-order valence-corrected chi connectivity index (χ4v) is 1.59. The molecule has 6 nitrogen and oxygen atoms in total. The summed E-state index contributed by atoms with van der Waals surface area (Å²) < 4.78 is 5.03. The highest BCUT2D eigenvalue weighted by Gasteiger charge is 2.15. The molecule has 0 fully saturated rings. The zero-order valence-corrected chi connectivity index (χ0v) is 10.2. The van der Waals surface area contributed by atoms with E-state index in [0.29, 0.717) is 0 Å². The SMILES string of the molecule is O=C(Oc1ccc([N+](=O)[O-])c(Cl)c1)c1cccnc1. The van der Waals surface area contributed by atoms with E-state index >= 15 is 0 Å². The van der Waals surface area contributed by atoms with Crippen molar-refractivity contribution in [1.82, 2.24) is 4.98 Å². The zero-order chi connectivity index (χ0) is 13.8. The number of carbonyl (C=O) groups excluding carboxylic acids is 1. The highest BCUT2D eigenvalue weighted by molar-refractivity contribution is 6.32. The first-order valence-electron chi connectivity index (χ1n) is 5.14. The lowest BCUT2D eigenvalue weighted by Crippen LogP contribution is -2.08. The minimum Gasteiger partial charge on any atom is -0.423 e. The number of esters is 1. The molecule has 0 saturated heterocycles. The Bertz CT molecular complexity index is 631. The number of nitro groups is 1. The third kappa shape index (κ3) is 3.05. The number of benzene rings is 1. The topological polar surface area (TPSA) is 82.3 Å². The summed E-state index contributed by atoms with van der Waals surface area (Å²) in [5, 5.41) is 10.5. The maximum Gasteiger partial charge on any atom is 0.345 e. The molecule has 0 atom stereocenters. The van der Waals surface area contributed by atoms with Gasteiger partial charge in [0.15, 0.2) is 0 Å². The Morgan fingerprint density at radius 3 is 2.74 bits per heavy atom. The molecule has 1 heterocycles. The Balaban J connectivity index is 2.19. The van der Waals surface area contributed by atoms with Crippen molar-refractivity contribution >= 4 is 23.3 Å². The van der Waals surface area contributed by atoms with Crippen molar-refractivity contribution in [3.8, 4) is 5.75 Å². The maximum atomic E-state index is 11.7. The normalized spacial score (nSPS) is 9.95. The van der Waals surface area contributed by atoms with Crippen molar-refractivity contribution in [2.24, 2.45) is 0 Å². The summed E-state index contributed by atoms with van der Waals surface area (Å²) >= 11 is 5.71. The molecule has 19 heavy (non-hydrogen) atoms. The Morgan fingerprint density at radius 2 is 2.16 bits per heavy atom. The zero-order valence-electron chi connectivity index (χ0n) is 9.45. The first-order valence-corrected chi connectivity index (χ1v) is 5.52. The lowest BCUT2D eigenvalue weighted by molar-refractivity contribution is -0.384. The van der Waals surface area contributed by atoms with Crippen LogP contribution in [0.15, 0.2) is 42.7 Å². The van der Waals surface area contributed by atoms with Gasteiger partial charge >= 0.3 is 5.97 Å². The highest BCUT2D eigenvalue weighted by Crippen LogP contribution is 2.28. The van der Waals surface area contributed by atoms with Gasteiger partial charge in [-0.15, -0.1) is 0 Å². The van der Waals surface area contributed by atoms with E-state index in [4.69, 9.17) is 16.3 Å². The number of nitro benzene ring substituents is 1. The van der Waals surface area contributed by atoms with E-state index < -0.39 is 10.9 Å². The summed E-state index contributed by atoms with van der Waals surface area (Å²) in [5.41, 5.74) is 0.0276. The second-order valence-corrected chi connectivity index (χ2v) is 3.91. The van der Waals surface area contributed by atoms with Gasteiger partial charge in [0.1, 0.15) is 10.8 Å². The second kappa shape index (κ2) is 5.45. The molecule has 0 N–H and O–H groups in total. The smallest absolute Gasteiger partial charge is 0.345 e. The number of carbonyl (C=O) groups is 1. The molecule has 0 amide bonds. The van der Waals surface area contributed by atoms with E-state index in [9.17, 15) is 14.9 Å². The van der Waals surface area contributed by atoms with Gasteiger partial charge in [-0.25, -0.2) is 4.79 Å². The number of nitrogens with zero attached hydrogens (tertiary/aromatic N) is 2. The van der Waals surface area contributed by atoms with E-state index in [1.54, 1.807) is 12.1 Å². The van der Waals surface area contributed by atoms with Crippen molar-refractivity contribution in [2.75, 3.05) is 0 Å². The van der Waals surface area contributed by atoms with Crippen LogP contribution >= 0.6 is 11.6 Å². The third-order valence-electron chi connectivity index (χ3n) is 2.22. The molecule has 0 radical (unpaired) electrons. The van der Waals surface area contributed by atoms with Crippen molar-refractivity contribution in [2.45, 2.75) is 0 Å². The van der Waals surface area contributed by atoms with Crippen LogP contribution in [0.25, 0.3) is 0 Å². The summed E-state index contributed by atoms with van der Waals surface area (Å²) in [7, 11) is 0. The Morgan fingerprint density at radius 1 is 1.37 bits per heavy atom. The van der Waals surface area contributed by atoms with Crippen LogP contribution in [0.3, 0.4) is 0 Å². The summed E-state index contributed by atoms with van der Waals surface area (Å²) in [6.45, 7) is 0. The number of pyridine rings is 1. The summed E-state index contributed by atoms with van der Waals surface area (Å²) in [6.07, 6.45) is 2.88. The number of rotatable bonds is 3. The lowest BCUT2D eigenvalue weighted by Gasteiger charge is -2.04. The molecule has 0 aliphatic heterocycles. The standard InChI is InChI=1S/C12H7ClN2O4/c13-10-6-9(3-4-11(10)15(17)18)19-12(16)8-2-1-5-14-7-8/h1-7H. The summed E-state index contributed by atoms with van der Waals surface area (Å²) in [5.74, 6) is -0.484. The number of ether oxygens (including phenoxy) is 1. The van der Waals surface area contributed by atoms with Gasteiger partial charge in [-0.2, -0.15) is 0 Å². The molecule has 2 aromatic rings. The van der Waals surface area contributed by atoms with Crippen LogP contribution in [0, 0.1) is 10.1 Å². The van der Waals surface area contributed by atoms with Gasteiger partial charge in [0.05, 0.1) is 10.5 Å². The minimum atomic E-state index is -0.616. The van der Waals surface area contributed by atoms with Crippen LogP contribution in [0.4, 0.5) is 5.69 Å². The average molecular weight is 279 g/mol. The van der Waals surface area contributed by atoms with Gasteiger partial charge in [-0.3, -0.25) is 15.1 Å². The summed E-state index contributed by atoms with van der Waals surface area (Å²) in [4.78, 5) is 25.5. The average Bonchev–Trinajstić information content (AvgIpc) is 2.39. The van der Waals surface area contributed by atoms with Gasteiger partial charge in [-0.05, 0) is 18.2 Å². The molecule has 2 rings (SSSR count). The monoisotopic (exact) mass is 278 g/mol. The molecule has 0 aliphatic carbocycles. The van der Waals surface area contributed by atoms with Crippen LogP contribution in [0.5, 0.6) is 5.75 Å². The lowest BCUT2D eigenvalue weighted by atomic mass is 10.3. The van der Waals surface area contributed by atoms with Gasteiger partial charge in [0.25, 0.3) is 5.69 Å². The van der Waals surface area contributed by atoms with Gasteiger partial charge < -0.3 is 4.74 Å². The van der Waals surface area contributed by atoms with Crippen LogP contribution in [0.2, 0.25) is 5.02 Å². The molecule has 1 aromatic heterocycles. The molecule has 0 spiro atoms. The van der Waals surface area contributed by atoms with E-state index in [1.807, 2.05) is 0 Å². The van der Waals surface area contributed by atoms with Crippen LogP contribution in [0.1, 0.15) is 10.4 Å². The Hall–Kier alpha value is -2.47. The molecule has 0 aliphatic rings. The van der Waals surface area contributed by atoms with Gasteiger partial charge in [0.2, 0.25) is 0 Å². The Kier molecular flexibility index (Phi) is 3.72. The number of hydrogen-bond donors (Lipinski definition) is 0. The molecular weight excluding hydrogens is 272 g/mol. The van der Waals surface area contributed by atoms with Gasteiger partial charge in [-0.1, -0.05) is 11.6 Å². The fraction of sp³-hybridized carbons (Fsp3) is 0. The van der Waals surface area contributed by atoms with E-state index in [2.05, 4.69) is 4.98 Å².